The van der Waals surface area contributed by atoms with E-state index in [0.717, 1.165) is 32.4 Å². The Labute approximate surface area is 106 Å². The van der Waals surface area contributed by atoms with E-state index in [4.69, 9.17) is 0 Å². The summed E-state index contributed by atoms with van der Waals surface area (Å²) in [5, 5.41) is 0. The Bertz CT molecular complexity index is 301. The van der Waals surface area contributed by atoms with Gasteiger partial charge in [0.25, 0.3) is 0 Å². The van der Waals surface area contributed by atoms with Gasteiger partial charge in [0.1, 0.15) is 0 Å². The van der Waals surface area contributed by atoms with Crippen LogP contribution in [0.15, 0.2) is 0 Å². The second-order valence-corrected chi connectivity index (χ2v) is 4.76. The van der Waals surface area contributed by atoms with Crippen molar-refractivity contribution in [2.45, 2.75) is 64.8 Å². The fourth-order valence-electron chi connectivity index (χ4n) is 3.09. The van der Waals surface area contributed by atoms with E-state index < -0.39 is 0 Å². The Morgan fingerprint density at radius 3 is 2.29 bits per heavy atom. The summed E-state index contributed by atoms with van der Waals surface area (Å²) in [6.45, 7) is 8.09. The molecule has 0 aromatic heterocycles. The van der Waals surface area contributed by atoms with Crippen molar-refractivity contribution in [1.29, 1.82) is 0 Å². The summed E-state index contributed by atoms with van der Waals surface area (Å²) in [5.74, 6) is 6.29. The van der Waals surface area contributed by atoms with Crippen LogP contribution in [0.25, 0.3) is 0 Å². The maximum atomic E-state index is 12.5. The lowest BCUT2D eigenvalue weighted by Crippen LogP contribution is -2.52. The number of ketones is 1. The third-order valence-electron chi connectivity index (χ3n) is 3.97. The van der Waals surface area contributed by atoms with Gasteiger partial charge < -0.3 is 0 Å². The molecule has 2 nitrogen and oxygen atoms in total. The normalized spacial score (nSPS) is 17.9. The fraction of sp³-hybridized carbons (Fsp3) is 0.800. The zero-order valence-corrected chi connectivity index (χ0v) is 11.5. The van der Waals surface area contributed by atoms with Crippen LogP contribution in [-0.4, -0.2) is 29.3 Å². The highest BCUT2D eigenvalue weighted by molar-refractivity contribution is 5.89. The Kier molecular flexibility index (Phi) is 5.71. The highest BCUT2D eigenvalue weighted by Gasteiger charge is 2.43. The Morgan fingerprint density at radius 2 is 1.82 bits per heavy atom. The molecule has 1 saturated carbocycles. The molecule has 96 valence electrons. The topological polar surface area (TPSA) is 20.3 Å². The number of carbonyl (C=O) groups is 1. The first-order chi connectivity index (χ1) is 8.21. The van der Waals surface area contributed by atoms with Crippen molar-refractivity contribution in [3.05, 3.63) is 0 Å². The second-order valence-electron chi connectivity index (χ2n) is 4.76. The zero-order chi connectivity index (χ0) is 12.7. The minimum absolute atomic E-state index is 0.154. The molecule has 0 amide bonds. The highest BCUT2D eigenvalue weighted by Crippen LogP contribution is 2.37. The third-order valence-corrected chi connectivity index (χ3v) is 3.97. The predicted molar refractivity (Wildman–Crippen MR) is 71.8 cm³/mol. The smallest absolute Gasteiger partial charge is 0.154 e. The minimum atomic E-state index is -0.154. The van der Waals surface area contributed by atoms with Crippen LogP contribution < -0.4 is 0 Å². The van der Waals surface area contributed by atoms with Gasteiger partial charge in [-0.05, 0) is 32.9 Å². The summed E-state index contributed by atoms with van der Waals surface area (Å²) in [7, 11) is 0. The number of hydrogen-bond acceptors (Lipinski definition) is 2. The van der Waals surface area contributed by atoms with E-state index in [1.165, 1.54) is 12.8 Å². The second kappa shape index (κ2) is 6.81. The first-order valence-corrected chi connectivity index (χ1v) is 6.89. The molecule has 0 N–H and O–H groups in total. The fourth-order valence-corrected chi connectivity index (χ4v) is 3.09. The molecular weight excluding hydrogens is 210 g/mol. The van der Waals surface area contributed by atoms with Gasteiger partial charge in [-0.25, -0.2) is 0 Å². The van der Waals surface area contributed by atoms with Crippen LogP contribution in [-0.2, 0) is 4.79 Å². The van der Waals surface area contributed by atoms with Crippen molar-refractivity contribution in [2.75, 3.05) is 13.1 Å². The molecule has 0 heterocycles. The SMILES string of the molecule is CC#CCCC(=O)C1(N(CC)CC)CCCC1. The number of hydrogen-bond donors (Lipinski definition) is 0. The lowest BCUT2D eigenvalue weighted by molar-refractivity contribution is -0.131. The van der Waals surface area contributed by atoms with E-state index in [1.54, 1.807) is 0 Å². The van der Waals surface area contributed by atoms with Gasteiger partial charge in [-0.3, -0.25) is 9.69 Å². The summed E-state index contributed by atoms with van der Waals surface area (Å²) < 4.78 is 0. The van der Waals surface area contributed by atoms with Crippen LogP contribution >= 0.6 is 0 Å². The summed E-state index contributed by atoms with van der Waals surface area (Å²) in [5.41, 5.74) is -0.154. The summed E-state index contributed by atoms with van der Waals surface area (Å²) in [6.07, 6.45) is 5.83. The van der Waals surface area contributed by atoms with Gasteiger partial charge in [0, 0.05) is 12.8 Å². The van der Waals surface area contributed by atoms with Crippen molar-refractivity contribution in [1.82, 2.24) is 4.90 Å². The van der Waals surface area contributed by atoms with Gasteiger partial charge >= 0.3 is 0 Å². The number of Topliss-reactive ketones (excluding diaryl/α,β-unsaturated/α-hetero) is 1. The van der Waals surface area contributed by atoms with Crippen molar-refractivity contribution in [3.63, 3.8) is 0 Å². The van der Waals surface area contributed by atoms with Gasteiger partial charge in [-0.1, -0.05) is 26.7 Å². The summed E-state index contributed by atoms with van der Waals surface area (Å²) >= 11 is 0. The zero-order valence-electron chi connectivity index (χ0n) is 11.5. The molecule has 0 unspecified atom stereocenters. The Balaban J connectivity index is 2.75. The summed E-state index contributed by atoms with van der Waals surface area (Å²) in [6, 6.07) is 0. The highest BCUT2D eigenvalue weighted by atomic mass is 16.1. The average molecular weight is 235 g/mol. The van der Waals surface area contributed by atoms with Crippen LogP contribution in [0.1, 0.15) is 59.3 Å². The third kappa shape index (κ3) is 3.10. The molecule has 2 heteroatoms. The largest absolute Gasteiger partial charge is 0.298 e. The quantitative estimate of drug-likeness (QED) is 0.660. The molecule has 1 rings (SSSR count). The molecule has 0 saturated heterocycles. The first-order valence-electron chi connectivity index (χ1n) is 6.89. The maximum Gasteiger partial charge on any atom is 0.154 e. The average Bonchev–Trinajstić information content (AvgIpc) is 2.81. The Hall–Kier alpha value is -0.810. The van der Waals surface area contributed by atoms with Crippen LogP contribution in [0.3, 0.4) is 0 Å². The van der Waals surface area contributed by atoms with E-state index in [-0.39, 0.29) is 5.54 Å². The van der Waals surface area contributed by atoms with Gasteiger partial charge in [-0.2, -0.15) is 0 Å². The number of nitrogens with zero attached hydrogens (tertiary/aromatic N) is 1. The summed E-state index contributed by atoms with van der Waals surface area (Å²) in [4.78, 5) is 14.9. The van der Waals surface area contributed by atoms with E-state index in [0.29, 0.717) is 12.2 Å². The van der Waals surface area contributed by atoms with Gasteiger partial charge in [0.15, 0.2) is 5.78 Å². The lowest BCUT2D eigenvalue weighted by atomic mass is 9.87. The first kappa shape index (κ1) is 14.3. The van der Waals surface area contributed by atoms with Gasteiger partial charge in [-0.15, -0.1) is 11.8 Å². The number of carbonyl (C=O) groups excluding carboxylic acids is 1. The van der Waals surface area contributed by atoms with Crippen LogP contribution in [0, 0.1) is 11.8 Å². The van der Waals surface area contributed by atoms with E-state index in [1.807, 2.05) is 6.92 Å². The lowest BCUT2D eigenvalue weighted by Gasteiger charge is -2.39. The standard InChI is InChI=1S/C15H25NO/c1-4-7-8-11-14(17)15(12-9-10-13-15)16(5-2)6-3/h5-6,8-13H2,1-3H3. The molecule has 0 aromatic rings. The maximum absolute atomic E-state index is 12.5. The number of likely N-dealkylation sites (N-methyl/N-ethyl adjacent to an activating group) is 1. The molecule has 1 fully saturated rings. The molecule has 0 bridgehead atoms. The molecular formula is C15H25NO. The molecule has 1 aliphatic carbocycles. The van der Waals surface area contributed by atoms with E-state index >= 15 is 0 Å². The number of rotatable bonds is 6. The minimum Gasteiger partial charge on any atom is -0.298 e. The van der Waals surface area contributed by atoms with Gasteiger partial charge in [0.05, 0.1) is 5.54 Å². The van der Waals surface area contributed by atoms with Crippen molar-refractivity contribution in [3.8, 4) is 11.8 Å². The molecule has 17 heavy (non-hydrogen) atoms. The molecule has 0 spiro atoms. The van der Waals surface area contributed by atoms with E-state index in [2.05, 4.69) is 30.6 Å². The van der Waals surface area contributed by atoms with Crippen molar-refractivity contribution < 1.29 is 4.79 Å². The van der Waals surface area contributed by atoms with Crippen LogP contribution in [0.4, 0.5) is 0 Å². The van der Waals surface area contributed by atoms with E-state index in [9.17, 15) is 4.79 Å². The van der Waals surface area contributed by atoms with Crippen molar-refractivity contribution in [2.24, 2.45) is 0 Å². The Morgan fingerprint density at radius 1 is 1.24 bits per heavy atom. The predicted octanol–water partition coefficient (Wildman–Crippen LogP) is 3.01. The molecule has 0 aliphatic heterocycles. The molecule has 0 atom stereocenters. The monoisotopic (exact) mass is 235 g/mol. The molecule has 1 aliphatic rings. The van der Waals surface area contributed by atoms with Crippen molar-refractivity contribution >= 4 is 5.78 Å². The van der Waals surface area contributed by atoms with Gasteiger partial charge in [0.2, 0.25) is 0 Å². The molecule has 0 radical (unpaired) electrons. The van der Waals surface area contributed by atoms with Crippen LogP contribution in [0.2, 0.25) is 0 Å². The molecule has 0 aromatic carbocycles. The van der Waals surface area contributed by atoms with Crippen LogP contribution in [0.5, 0.6) is 0 Å².